The number of halogens is 2. The predicted octanol–water partition coefficient (Wildman–Crippen LogP) is 4.38. The number of carbonyl (C=O) groups excluding carboxylic acids is 2. The number of morpholine rings is 1. The van der Waals surface area contributed by atoms with E-state index in [1.165, 1.54) is 16.8 Å². The van der Waals surface area contributed by atoms with Crippen LogP contribution < -0.4 is 27.2 Å². The molecule has 0 unspecified atom stereocenters. The monoisotopic (exact) mass is 665 g/mol. The smallest absolute Gasteiger partial charge is 0.323 e. The van der Waals surface area contributed by atoms with Crippen LogP contribution in [0.4, 0.5) is 10.5 Å². The second-order valence-corrected chi connectivity index (χ2v) is 11.2. The van der Waals surface area contributed by atoms with Gasteiger partial charge in [-0.2, -0.15) is 5.10 Å². The molecule has 1 aliphatic rings. The van der Waals surface area contributed by atoms with Gasteiger partial charge in [0.05, 0.1) is 41.1 Å². The molecule has 242 valence electrons. The van der Waals surface area contributed by atoms with Gasteiger partial charge in [-0.1, -0.05) is 72.2 Å². The molecule has 3 aromatic rings. The van der Waals surface area contributed by atoms with Crippen LogP contribution in [0.1, 0.15) is 12.5 Å². The van der Waals surface area contributed by atoms with Gasteiger partial charge in [-0.15, -0.1) is 0 Å². The molecule has 13 heteroatoms. The van der Waals surface area contributed by atoms with E-state index in [4.69, 9.17) is 33.7 Å². The van der Waals surface area contributed by atoms with Crippen LogP contribution in [0.2, 0.25) is 0 Å². The molecule has 1 saturated heterocycles. The second-order valence-electron chi connectivity index (χ2n) is 10.3. The third-order valence-electron chi connectivity index (χ3n) is 7.20. The first kappa shape index (κ1) is 34.5. The van der Waals surface area contributed by atoms with Gasteiger partial charge in [0, 0.05) is 44.5 Å². The lowest BCUT2D eigenvalue weighted by Gasteiger charge is -2.26. The molecule has 3 amide bonds. The van der Waals surface area contributed by atoms with Gasteiger partial charge >= 0.3 is 6.03 Å². The zero-order valence-corrected chi connectivity index (χ0v) is 27.0. The number of nitrogens with one attached hydrogen (secondary N) is 3. The number of amides is 3. The summed E-state index contributed by atoms with van der Waals surface area (Å²) in [7, 11) is 0. The maximum absolute atomic E-state index is 13.1. The number of anilines is 1. The van der Waals surface area contributed by atoms with Gasteiger partial charge in [0.2, 0.25) is 5.91 Å². The fourth-order valence-electron chi connectivity index (χ4n) is 4.82. The van der Waals surface area contributed by atoms with Crippen LogP contribution in [0.3, 0.4) is 0 Å². The van der Waals surface area contributed by atoms with Crippen LogP contribution in [0.15, 0.2) is 94.0 Å². The van der Waals surface area contributed by atoms with Crippen molar-refractivity contribution in [1.29, 1.82) is 0 Å². The van der Waals surface area contributed by atoms with Crippen LogP contribution >= 0.6 is 23.2 Å². The van der Waals surface area contributed by atoms with E-state index >= 15 is 0 Å². The van der Waals surface area contributed by atoms with E-state index in [-0.39, 0.29) is 40.3 Å². The summed E-state index contributed by atoms with van der Waals surface area (Å²) in [6.45, 7) is 10.2. The average molecular weight is 667 g/mol. The molecule has 5 N–H and O–H groups in total. The molecule has 2 aromatic carbocycles. The summed E-state index contributed by atoms with van der Waals surface area (Å²) in [5.41, 5.74) is 8.92. The molecule has 1 fully saturated rings. The topological polar surface area (TPSA) is 144 Å². The molecular weight excluding hydrogens is 629 g/mol. The van der Waals surface area contributed by atoms with Crippen LogP contribution in [-0.4, -0.2) is 66.0 Å². The molecular formula is C33H37Cl2N7O4. The van der Waals surface area contributed by atoms with Crippen molar-refractivity contribution in [3.05, 3.63) is 105 Å². The van der Waals surface area contributed by atoms with Gasteiger partial charge < -0.3 is 26.4 Å². The highest BCUT2D eigenvalue weighted by molar-refractivity contribution is 6.36. The maximum Gasteiger partial charge on any atom is 0.323 e. The highest BCUT2D eigenvalue weighted by Gasteiger charge is 2.16. The first-order valence-corrected chi connectivity index (χ1v) is 15.5. The quantitative estimate of drug-likeness (QED) is 0.210. The Hall–Kier alpha value is -4.42. The van der Waals surface area contributed by atoms with E-state index in [1.54, 1.807) is 6.92 Å². The summed E-state index contributed by atoms with van der Waals surface area (Å²) in [6.07, 6.45) is 2.63. The van der Waals surface area contributed by atoms with Crippen molar-refractivity contribution in [3.63, 3.8) is 0 Å². The molecule has 0 spiro atoms. The maximum atomic E-state index is 13.1. The Morgan fingerprint density at radius 3 is 2.46 bits per heavy atom. The fourth-order valence-corrected chi connectivity index (χ4v) is 5.16. The average Bonchev–Trinajstić information content (AvgIpc) is 3.08. The molecule has 0 bridgehead atoms. The van der Waals surface area contributed by atoms with E-state index in [9.17, 15) is 14.4 Å². The van der Waals surface area contributed by atoms with Gasteiger partial charge in [0.25, 0.3) is 5.56 Å². The Kier molecular flexibility index (Phi) is 12.6. The summed E-state index contributed by atoms with van der Waals surface area (Å²) in [5, 5.41) is 12.6. The number of aromatic nitrogens is 2. The summed E-state index contributed by atoms with van der Waals surface area (Å²) in [6, 6.07) is 16.2. The van der Waals surface area contributed by atoms with Crippen molar-refractivity contribution >= 4 is 40.8 Å². The molecule has 4 rings (SSSR count). The molecule has 0 radical (unpaired) electrons. The second kappa shape index (κ2) is 16.8. The first-order valence-electron chi connectivity index (χ1n) is 14.8. The molecule has 0 atom stereocenters. The number of nitrogens with two attached hydrogens (primary N) is 1. The molecule has 11 nitrogen and oxygen atoms in total. The van der Waals surface area contributed by atoms with Crippen LogP contribution in [0.25, 0.3) is 22.4 Å². The summed E-state index contributed by atoms with van der Waals surface area (Å²) >= 11 is 12.2. The van der Waals surface area contributed by atoms with E-state index in [0.29, 0.717) is 12.2 Å². The van der Waals surface area contributed by atoms with Gasteiger partial charge in [0.15, 0.2) is 0 Å². The number of rotatable bonds is 12. The van der Waals surface area contributed by atoms with E-state index in [0.717, 1.165) is 61.3 Å². The Balaban J connectivity index is 1.51. The van der Waals surface area contributed by atoms with E-state index in [1.807, 2.05) is 48.5 Å². The molecule has 2 heterocycles. The third kappa shape index (κ3) is 9.30. The number of benzene rings is 2. The standard InChI is InChI=1S/C33H37Cl2N7O4/c1-3-26(34)31(27(35)21-36)39-33(45)38-29-20-28(40-42(4-2)32(29)44)25-10-6-9-24(19-25)23-8-5-7-22(17-23)18-30(43)37-11-12-41-13-15-46-16-14-41/h3,5-10,17,19-21H,1,4,11-16,18,36H2,2H3,(H,37,43)(H2,38,39,45)/b27-21+,31-26-. The summed E-state index contributed by atoms with van der Waals surface area (Å²) in [4.78, 5) is 40.8. The molecule has 1 aromatic heterocycles. The number of allylic oxidation sites excluding steroid dienone is 3. The van der Waals surface area contributed by atoms with Gasteiger partial charge in [-0.05, 0) is 41.8 Å². The molecule has 1 aliphatic heterocycles. The Labute approximate surface area is 277 Å². The largest absolute Gasteiger partial charge is 0.403 e. The minimum atomic E-state index is -0.761. The minimum absolute atomic E-state index is 0.00157. The lowest BCUT2D eigenvalue weighted by Crippen LogP contribution is -2.41. The Morgan fingerprint density at radius 1 is 1.07 bits per heavy atom. The number of hydrogen-bond donors (Lipinski definition) is 4. The first-order chi connectivity index (χ1) is 22.2. The van der Waals surface area contributed by atoms with Crippen molar-refractivity contribution in [2.45, 2.75) is 19.9 Å². The highest BCUT2D eigenvalue weighted by Crippen LogP contribution is 2.27. The molecule has 0 saturated carbocycles. The number of hydrogen-bond acceptors (Lipinski definition) is 7. The Morgan fingerprint density at radius 2 is 1.76 bits per heavy atom. The SMILES string of the molecule is C=C/C(Cl)=C(NC(=O)Nc1cc(-c2cccc(-c3cccc(CC(=O)NCCN4CCOCC4)c3)c2)nn(CC)c1=O)\C(Cl)=C/N. The number of urea groups is 1. The lowest BCUT2D eigenvalue weighted by atomic mass is 9.99. The zero-order valence-electron chi connectivity index (χ0n) is 25.5. The van der Waals surface area contributed by atoms with Crippen molar-refractivity contribution in [2.24, 2.45) is 5.73 Å². The van der Waals surface area contributed by atoms with Gasteiger partial charge in [-0.3, -0.25) is 14.5 Å². The number of carbonyl (C=O) groups is 2. The normalized spacial score (nSPS) is 14.3. The highest BCUT2D eigenvalue weighted by atomic mass is 35.5. The van der Waals surface area contributed by atoms with Crippen molar-refractivity contribution in [1.82, 2.24) is 25.3 Å². The lowest BCUT2D eigenvalue weighted by molar-refractivity contribution is -0.120. The van der Waals surface area contributed by atoms with Crippen LogP contribution in [0, 0.1) is 0 Å². The van der Waals surface area contributed by atoms with Crippen molar-refractivity contribution in [2.75, 3.05) is 44.7 Å². The molecule has 46 heavy (non-hydrogen) atoms. The van der Waals surface area contributed by atoms with Crippen molar-refractivity contribution < 1.29 is 14.3 Å². The number of ether oxygens (including phenoxy) is 1. The van der Waals surface area contributed by atoms with Crippen LogP contribution in [0.5, 0.6) is 0 Å². The predicted molar refractivity (Wildman–Crippen MR) is 182 cm³/mol. The van der Waals surface area contributed by atoms with Gasteiger partial charge in [0.1, 0.15) is 5.69 Å². The fraction of sp³-hybridized carbons (Fsp3) is 0.273. The molecule has 0 aliphatic carbocycles. The summed E-state index contributed by atoms with van der Waals surface area (Å²) < 4.78 is 6.63. The minimum Gasteiger partial charge on any atom is -0.403 e. The van der Waals surface area contributed by atoms with E-state index < -0.39 is 11.6 Å². The Bertz CT molecular complexity index is 1700. The zero-order chi connectivity index (χ0) is 33.1. The van der Waals surface area contributed by atoms with Crippen molar-refractivity contribution in [3.8, 4) is 22.4 Å². The van der Waals surface area contributed by atoms with E-state index in [2.05, 4.69) is 32.5 Å². The summed E-state index contributed by atoms with van der Waals surface area (Å²) in [5.74, 6) is -0.0371. The van der Waals surface area contributed by atoms with Gasteiger partial charge in [-0.25, -0.2) is 9.48 Å². The third-order valence-corrected chi connectivity index (χ3v) is 7.86. The number of aryl methyl sites for hydroxylation is 1. The van der Waals surface area contributed by atoms with Crippen LogP contribution in [-0.2, 0) is 22.5 Å². The number of nitrogens with zero attached hydrogens (tertiary/aromatic N) is 3.